The van der Waals surface area contributed by atoms with Crippen LogP contribution in [0.25, 0.3) is 0 Å². The van der Waals surface area contributed by atoms with Gasteiger partial charge < -0.3 is 10.1 Å². The average Bonchev–Trinajstić information content (AvgIpc) is 2.67. The van der Waals surface area contributed by atoms with E-state index < -0.39 is 10.0 Å². The predicted octanol–water partition coefficient (Wildman–Crippen LogP) is 2.93. The summed E-state index contributed by atoms with van der Waals surface area (Å²) in [7, 11) is -3.49. The van der Waals surface area contributed by atoms with Gasteiger partial charge in [-0.2, -0.15) is 4.31 Å². The third kappa shape index (κ3) is 5.29. The Bertz CT molecular complexity index is 894. The van der Waals surface area contributed by atoms with Crippen LogP contribution in [0.1, 0.15) is 12.0 Å². The minimum Gasteiger partial charge on any atom is -0.379 e. The molecule has 3 rings (SSSR count). The van der Waals surface area contributed by atoms with E-state index in [1.807, 2.05) is 0 Å². The van der Waals surface area contributed by atoms with E-state index in [-0.39, 0.29) is 10.8 Å². The van der Waals surface area contributed by atoms with Gasteiger partial charge in [-0.1, -0.05) is 29.8 Å². The minimum atomic E-state index is -3.49. The highest BCUT2D eigenvalue weighted by Crippen LogP contribution is 2.19. The predicted molar refractivity (Wildman–Crippen MR) is 104 cm³/mol. The van der Waals surface area contributed by atoms with Crippen LogP contribution in [-0.4, -0.2) is 44.9 Å². The lowest BCUT2D eigenvalue weighted by molar-refractivity contribution is -0.116. The molecule has 27 heavy (non-hydrogen) atoms. The first-order chi connectivity index (χ1) is 12.9. The smallest absolute Gasteiger partial charge is 0.243 e. The van der Waals surface area contributed by atoms with Crippen molar-refractivity contribution >= 4 is 33.2 Å². The van der Waals surface area contributed by atoms with Gasteiger partial charge in [0.1, 0.15) is 0 Å². The average molecular weight is 409 g/mol. The number of carbonyl (C=O) groups is 1. The minimum absolute atomic E-state index is 0.123. The van der Waals surface area contributed by atoms with Crippen molar-refractivity contribution in [3.8, 4) is 0 Å². The number of nitrogens with one attached hydrogen (secondary N) is 1. The summed E-state index contributed by atoms with van der Waals surface area (Å²) in [4.78, 5) is 12.3. The number of rotatable bonds is 6. The molecule has 0 spiro atoms. The van der Waals surface area contributed by atoms with Gasteiger partial charge in [0.15, 0.2) is 0 Å². The van der Waals surface area contributed by atoms with E-state index in [0.29, 0.717) is 49.9 Å². The van der Waals surface area contributed by atoms with Crippen LogP contribution < -0.4 is 5.32 Å². The molecule has 0 bridgehead atoms. The first kappa shape index (κ1) is 19.8. The molecular weight excluding hydrogens is 388 g/mol. The summed E-state index contributed by atoms with van der Waals surface area (Å²) in [6.45, 7) is 1.57. The molecule has 2 aromatic carbocycles. The second kappa shape index (κ2) is 8.84. The molecule has 0 unspecified atom stereocenters. The number of halogens is 1. The maximum absolute atomic E-state index is 12.6. The molecule has 1 saturated heterocycles. The van der Waals surface area contributed by atoms with Crippen LogP contribution in [-0.2, 0) is 26.0 Å². The maximum atomic E-state index is 12.6. The molecule has 2 aromatic rings. The molecular formula is C19H21ClN2O4S. The van der Waals surface area contributed by atoms with Crippen molar-refractivity contribution in [3.05, 3.63) is 59.1 Å². The van der Waals surface area contributed by atoms with Crippen molar-refractivity contribution in [1.82, 2.24) is 4.31 Å². The van der Waals surface area contributed by atoms with Gasteiger partial charge in [0.25, 0.3) is 0 Å². The second-order valence-corrected chi connectivity index (χ2v) is 8.59. The first-order valence-corrected chi connectivity index (χ1v) is 10.5. The van der Waals surface area contributed by atoms with Gasteiger partial charge in [-0.15, -0.1) is 0 Å². The fourth-order valence-corrected chi connectivity index (χ4v) is 4.41. The Morgan fingerprint density at radius 3 is 2.48 bits per heavy atom. The molecule has 1 N–H and O–H groups in total. The Hall–Kier alpha value is -1.93. The number of hydrogen-bond acceptors (Lipinski definition) is 4. The van der Waals surface area contributed by atoms with Crippen molar-refractivity contribution in [1.29, 1.82) is 0 Å². The SMILES string of the molecule is O=C(CCc1ccc(S(=O)(=O)N2CCOCC2)cc1)Nc1cccc(Cl)c1. The summed E-state index contributed by atoms with van der Waals surface area (Å²) in [5.74, 6) is -0.123. The van der Waals surface area contributed by atoms with E-state index in [4.69, 9.17) is 16.3 Å². The highest BCUT2D eigenvalue weighted by molar-refractivity contribution is 7.89. The van der Waals surface area contributed by atoms with Crippen LogP contribution in [0.3, 0.4) is 0 Å². The van der Waals surface area contributed by atoms with Gasteiger partial charge in [-0.05, 0) is 42.3 Å². The van der Waals surface area contributed by atoms with Gasteiger partial charge in [-0.25, -0.2) is 8.42 Å². The normalized spacial score (nSPS) is 15.4. The van der Waals surface area contributed by atoms with Crippen LogP contribution in [0.15, 0.2) is 53.4 Å². The lowest BCUT2D eigenvalue weighted by Gasteiger charge is -2.26. The molecule has 6 nitrogen and oxygen atoms in total. The van der Waals surface area contributed by atoms with Crippen LogP contribution in [0, 0.1) is 0 Å². The number of ether oxygens (including phenoxy) is 1. The third-order valence-electron chi connectivity index (χ3n) is 4.28. The monoisotopic (exact) mass is 408 g/mol. The maximum Gasteiger partial charge on any atom is 0.243 e. The number of anilines is 1. The summed E-state index contributed by atoms with van der Waals surface area (Å²) >= 11 is 5.90. The Labute approximate surface area is 164 Å². The largest absolute Gasteiger partial charge is 0.379 e. The molecule has 0 aromatic heterocycles. The van der Waals surface area contributed by atoms with Crippen molar-refractivity contribution in [2.24, 2.45) is 0 Å². The molecule has 0 aliphatic carbocycles. The highest BCUT2D eigenvalue weighted by Gasteiger charge is 2.26. The van der Waals surface area contributed by atoms with Gasteiger partial charge >= 0.3 is 0 Å². The number of hydrogen-bond donors (Lipinski definition) is 1. The zero-order chi connectivity index (χ0) is 19.3. The number of sulfonamides is 1. The quantitative estimate of drug-likeness (QED) is 0.797. The first-order valence-electron chi connectivity index (χ1n) is 8.67. The topological polar surface area (TPSA) is 75.7 Å². The van der Waals surface area contributed by atoms with E-state index in [9.17, 15) is 13.2 Å². The zero-order valence-corrected chi connectivity index (χ0v) is 16.3. The summed E-state index contributed by atoms with van der Waals surface area (Å²) < 4.78 is 31.8. The van der Waals surface area contributed by atoms with Crippen molar-refractivity contribution < 1.29 is 17.9 Å². The van der Waals surface area contributed by atoms with Gasteiger partial charge in [0, 0.05) is 30.2 Å². The summed E-state index contributed by atoms with van der Waals surface area (Å²) in [5, 5.41) is 3.35. The highest BCUT2D eigenvalue weighted by atomic mass is 35.5. The second-order valence-electron chi connectivity index (χ2n) is 6.22. The molecule has 1 aliphatic rings. The summed E-state index contributed by atoms with van der Waals surface area (Å²) in [5.41, 5.74) is 1.55. The summed E-state index contributed by atoms with van der Waals surface area (Å²) in [6, 6.07) is 13.7. The molecule has 0 saturated carbocycles. The van der Waals surface area contributed by atoms with E-state index in [1.54, 1.807) is 48.5 Å². The number of benzene rings is 2. The number of carbonyl (C=O) groups excluding carboxylic acids is 1. The van der Waals surface area contributed by atoms with E-state index >= 15 is 0 Å². The Balaban J connectivity index is 1.56. The van der Waals surface area contributed by atoms with Crippen LogP contribution in [0.4, 0.5) is 5.69 Å². The van der Waals surface area contributed by atoms with Crippen molar-refractivity contribution in [3.63, 3.8) is 0 Å². The number of aryl methyl sites for hydroxylation is 1. The Morgan fingerprint density at radius 2 is 1.81 bits per heavy atom. The van der Waals surface area contributed by atoms with Gasteiger partial charge in [0.2, 0.25) is 15.9 Å². The lowest BCUT2D eigenvalue weighted by Crippen LogP contribution is -2.40. The van der Waals surface area contributed by atoms with E-state index in [1.165, 1.54) is 4.31 Å². The number of nitrogens with zero attached hydrogens (tertiary/aromatic N) is 1. The van der Waals surface area contributed by atoms with Crippen LogP contribution in [0.5, 0.6) is 0 Å². The molecule has 1 amide bonds. The lowest BCUT2D eigenvalue weighted by atomic mass is 10.1. The molecule has 1 fully saturated rings. The Morgan fingerprint density at radius 1 is 1.11 bits per heavy atom. The fourth-order valence-electron chi connectivity index (χ4n) is 2.81. The Kier molecular flexibility index (Phi) is 6.49. The van der Waals surface area contributed by atoms with Gasteiger partial charge in [-0.3, -0.25) is 4.79 Å². The zero-order valence-electron chi connectivity index (χ0n) is 14.7. The van der Waals surface area contributed by atoms with Crippen molar-refractivity contribution in [2.45, 2.75) is 17.7 Å². The number of amides is 1. The molecule has 1 heterocycles. The standard InChI is InChI=1S/C19H21ClN2O4S/c20-16-2-1-3-17(14-16)21-19(23)9-6-15-4-7-18(8-5-15)27(24,25)22-10-12-26-13-11-22/h1-5,7-8,14H,6,9-13H2,(H,21,23). The van der Waals surface area contributed by atoms with Crippen LogP contribution >= 0.6 is 11.6 Å². The molecule has 8 heteroatoms. The van der Waals surface area contributed by atoms with E-state index in [0.717, 1.165) is 5.56 Å². The van der Waals surface area contributed by atoms with Crippen molar-refractivity contribution in [2.75, 3.05) is 31.6 Å². The van der Waals surface area contributed by atoms with E-state index in [2.05, 4.69) is 5.32 Å². The third-order valence-corrected chi connectivity index (χ3v) is 6.43. The summed E-state index contributed by atoms with van der Waals surface area (Å²) in [6.07, 6.45) is 0.812. The molecule has 144 valence electrons. The number of morpholine rings is 1. The van der Waals surface area contributed by atoms with Gasteiger partial charge in [0.05, 0.1) is 18.1 Å². The molecule has 1 aliphatic heterocycles. The van der Waals surface area contributed by atoms with Crippen LogP contribution in [0.2, 0.25) is 5.02 Å². The molecule has 0 atom stereocenters. The molecule has 0 radical (unpaired) electrons. The fraction of sp³-hybridized carbons (Fsp3) is 0.316.